The minimum absolute atomic E-state index is 0.0831. The molecule has 0 aliphatic rings. The molecule has 0 bridgehead atoms. The summed E-state index contributed by atoms with van der Waals surface area (Å²) in [6.07, 6.45) is 0. The van der Waals surface area contributed by atoms with Gasteiger partial charge in [-0.15, -0.1) is 0 Å². The van der Waals surface area contributed by atoms with Crippen molar-refractivity contribution in [3.8, 4) is 11.5 Å². The Morgan fingerprint density at radius 3 is 2.27 bits per heavy atom. The Balaban J connectivity index is 2.03. The maximum atomic E-state index is 13.0. The number of halogens is 3. The normalized spacial score (nSPS) is 11.9. The summed E-state index contributed by atoms with van der Waals surface area (Å²) in [5.41, 5.74) is 0.823. The summed E-state index contributed by atoms with van der Waals surface area (Å²) in [5, 5.41) is 5.34. The van der Waals surface area contributed by atoms with Gasteiger partial charge in [0, 0.05) is 12.1 Å². The molecule has 6 nitrogen and oxygen atoms in total. The van der Waals surface area contributed by atoms with Gasteiger partial charge in [0.15, 0.2) is 11.5 Å². The quantitative estimate of drug-likeness (QED) is 0.646. The SMILES string of the molecule is COc1cc(CNC(=O)[C@@H](NC(=O)c2ccc(F)cc2)C(C)C)ccc1OC(F)F. The molecule has 2 aromatic carbocycles. The van der Waals surface area contributed by atoms with Crippen LogP contribution >= 0.6 is 0 Å². The van der Waals surface area contributed by atoms with Gasteiger partial charge in [0.05, 0.1) is 7.11 Å². The fourth-order valence-corrected chi connectivity index (χ4v) is 2.68. The van der Waals surface area contributed by atoms with E-state index >= 15 is 0 Å². The molecule has 2 N–H and O–H groups in total. The Morgan fingerprint density at radius 2 is 1.70 bits per heavy atom. The van der Waals surface area contributed by atoms with Crippen LogP contribution in [0.25, 0.3) is 0 Å². The lowest BCUT2D eigenvalue weighted by molar-refractivity contribution is -0.124. The molecular formula is C21H23F3N2O4. The van der Waals surface area contributed by atoms with Gasteiger partial charge >= 0.3 is 6.61 Å². The minimum Gasteiger partial charge on any atom is -0.493 e. The van der Waals surface area contributed by atoms with Crippen molar-refractivity contribution in [2.75, 3.05) is 7.11 Å². The van der Waals surface area contributed by atoms with Crippen molar-refractivity contribution in [2.24, 2.45) is 5.92 Å². The standard InChI is InChI=1S/C21H23F3N2O4/c1-12(2)18(26-19(27)14-5-7-15(22)8-6-14)20(28)25-11-13-4-9-16(30-21(23)24)17(10-13)29-3/h4-10,12,18,21H,11H2,1-3H3,(H,25,28)(H,26,27)/t18-/m0/s1. The molecule has 0 radical (unpaired) electrons. The van der Waals surface area contributed by atoms with Crippen LogP contribution in [0.3, 0.4) is 0 Å². The van der Waals surface area contributed by atoms with Crippen molar-refractivity contribution in [2.45, 2.75) is 33.0 Å². The zero-order valence-electron chi connectivity index (χ0n) is 16.7. The number of rotatable bonds is 9. The molecule has 0 saturated carbocycles. The van der Waals surface area contributed by atoms with Gasteiger partial charge in [0.2, 0.25) is 5.91 Å². The van der Waals surface area contributed by atoms with Gasteiger partial charge in [0.25, 0.3) is 5.91 Å². The number of hydrogen-bond donors (Lipinski definition) is 2. The maximum Gasteiger partial charge on any atom is 0.387 e. The highest BCUT2D eigenvalue weighted by atomic mass is 19.3. The molecule has 2 amide bonds. The van der Waals surface area contributed by atoms with E-state index < -0.39 is 30.3 Å². The molecule has 2 rings (SSSR count). The Bertz CT molecular complexity index is 873. The summed E-state index contributed by atoms with van der Waals surface area (Å²) >= 11 is 0. The Morgan fingerprint density at radius 1 is 1.03 bits per heavy atom. The number of methoxy groups -OCH3 is 1. The third-order valence-electron chi connectivity index (χ3n) is 4.25. The fourth-order valence-electron chi connectivity index (χ4n) is 2.68. The van der Waals surface area contributed by atoms with Crippen LogP contribution in [-0.2, 0) is 11.3 Å². The fraction of sp³-hybridized carbons (Fsp3) is 0.333. The van der Waals surface area contributed by atoms with Crippen LogP contribution in [-0.4, -0.2) is 31.6 Å². The number of alkyl halides is 2. The van der Waals surface area contributed by atoms with E-state index in [-0.39, 0.29) is 29.5 Å². The highest BCUT2D eigenvalue weighted by Gasteiger charge is 2.24. The van der Waals surface area contributed by atoms with Gasteiger partial charge in [-0.3, -0.25) is 9.59 Å². The molecule has 9 heteroatoms. The van der Waals surface area contributed by atoms with Gasteiger partial charge in [-0.2, -0.15) is 8.78 Å². The molecule has 0 aromatic heterocycles. The van der Waals surface area contributed by atoms with E-state index in [0.29, 0.717) is 5.56 Å². The van der Waals surface area contributed by atoms with Crippen LogP contribution in [0, 0.1) is 11.7 Å². The van der Waals surface area contributed by atoms with E-state index in [0.717, 1.165) is 12.1 Å². The first-order valence-corrected chi connectivity index (χ1v) is 9.17. The van der Waals surface area contributed by atoms with Gasteiger partial charge < -0.3 is 20.1 Å². The summed E-state index contributed by atoms with van der Waals surface area (Å²) in [7, 11) is 1.32. The second kappa shape index (κ2) is 10.5. The summed E-state index contributed by atoms with van der Waals surface area (Å²) in [4.78, 5) is 25.0. The Labute approximate surface area is 172 Å². The number of carbonyl (C=O) groups excluding carboxylic acids is 2. The number of nitrogens with one attached hydrogen (secondary N) is 2. The summed E-state index contributed by atoms with van der Waals surface area (Å²) in [6, 6.07) is 8.46. The Hall–Kier alpha value is -3.23. The van der Waals surface area contributed by atoms with E-state index in [1.54, 1.807) is 13.8 Å². The van der Waals surface area contributed by atoms with Crippen LogP contribution < -0.4 is 20.1 Å². The number of ether oxygens (including phenoxy) is 2. The van der Waals surface area contributed by atoms with E-state index in [1.807, 2.05) is 0 Å². The first kappa shape index (κ1) is 23.1. The summed E-state index contributed by atoms with van der Waals surface area (Å²) in [6.45, 7) is 0.643. The summed E-state index contributed by atoms with van der Waals surface area (Å²) in [5.74, 6) is -1.62. The molecular weight excluding hydrogens is 401 g/mol. The smallest absolute Gasteiger partial charge is 0.387 e. The Kier molecular flexibility index (Phi) is 8.08. The van der Waals surface area contributed by atoms with Gasteiger partial charge in [-0.1, -0.05) is 19.9 Å². The zero-order valence-corrected chi connectivity index (χ0v) is 16.7. The zero-order chi connectivity index (χ0) is 22.3. The monoisotopic (exact) mass is 424 g/mol. The van der Waals surface area contributed by atoms with Crippen molar-refractivity contribution < 1.29 is 32.2 Å². The van der Waals surface area contributed by atoms with Gasteiger partial charge in [-0.05, 0) is 47.9 Å². The average Bonchev–Trinajstić information content (AvgIpc) is 2.70. The molecule has 162 valence electrons. The number of benzene rings is 2. The van der Waals surface area contributed by atoms with Crippen molar-refractivity contribution in [1.82, 2.24) is 10.6 Å². The topological polar surface area (TPSA) is 76.7 Å². The molecule has 0 unspecified atom stereocenters. The first-order valence-electron chi connectivity index (χ1n) is 9.17. The maximum absolute atomic E-state index is 13.0. The third-order valence-corrected chi connectivity index (χ3v) is 4.25. The summed E-state index contributed by atoms with van der Waals surface area (Å²) < 4.78 is 47.2. The van der Waals surface area contributed by atoms with E-state index in [1.165, 1.54) is 37.4 Å². The second-order valence-corrected chi connectivity index (χ2v) is 6.78. The predicted molar refractivity (Wildman–Crippen MR) is 104 cm³/mol. The lowest BCUT2D eigenvalue weighted by Crippen LogP contribution is -2.49. The predicted octanol–water partition coefficient (Wildman–Crippen LogP) is 3.51. The lowest BCUT2D eigenvalue weighted by Gasteiger charge is -2.22. The molecule has 30 heavy (non-hydrogen) atoms. The molecule has 0 aliphatic carbocycles. The van der Waals surface area contributed by atoms with Crippen LogP contribution in [0.2, 0.25) is 0 Å². The van der Waals surface area contributed by atoms with Crippen molar-refractivity contribution in [1.29, 1.82) is 0 Å². The van der Waals surface area contributed by atoms with Crippen molar-refractivity contribution in [3.63, 3.8) is 0 Å². The van der Waals surface area contributed by atoms with E-state index in [4.69, 9.17) is 4.74 Å². The molecule has 2 aromatic rings. The number of carbonyl (C=O) groups is 2. The molecule has 0 fully saturated rings. The first-order chi connectivity index (χ1) is 14.2. The van der Waals surface area contributed by atoms with Gasteiger partial charge in [-0.25, -0.2) is 4.39 Å². The van der Waals surface area contributed by atoms with Gasteiger partial charge in [0.1, 0.15) is 11.9 Å². The van der Waals surface area contributed by atoms with E-state index in [2.05, 4.69) is 15.4 Å². The minimum atomic E-state index is -2.99. The molecule has 0 spiro atoms. The average molecular weight is 424 g/mol. The highest BCUT2D eigenvalue weighted by Crippen LogP contribution is 2.29. The number of hydrogen-bond acceptors (Lipinski definition) is 4. The highest BCUT2D eigenvalue weighted by molar-refractivity contribution is 5.97. The largest absolute Gasteiger partial charge is 0.493 e. The molecule has 0 saturated heterocycles. The van der Waals surface area contributed by atoms with E-state index in [9.17, 15) is 22.8 Å². The lowest BCUT2D eigenvalue weighted by atomic mass is 10.0. The van der Waals surface area contributed by atoms with Crippen molar-refractivity contribution >= 4 is 11.8 Å². The third kappa shape index (κ3) is 6.40. The molecule has 1 atom stereocenters. The molecule has 0 heterocycles. The van der Waals surface area contributed by atoms with Crippen LogP contribution in [0.15, 0.2) is 42.5 Å². The second-order valence-electron chi connectivity index (χ2n) is 6.78. The number of amides is 2. The van der Waals surface area contributed by atoms with Crippen LogP contribution in [0.1, 0.15) is 29.8 Å². The van der Waals surface area contributed by atoms with Crippen molar-refractivity contribution in [3.05, 3.63) is 59.4 Å². The molecule has 0 aliphatic heterocycles. The van der Waals surface area contributed by atoms with Crippen LogP contribution in [0.4, 0.5) is 13.2 Å². The van der Waals surface area contributed by atoms with Crippen LogP contribution in [0.5, 0.6) is 11.5 Å².